The summed E-state index contributed by atoms with van der Waals surface area (Å²) in [6, 6.07) is 5.15. The number of para-hydroxylation sites is 1. The maximum atomic E-state index is 14.2. The molecule has 0 radical (unpaired) electrons. The molecule has 2 amide bonds. The Kier molecular flexibility index (Phi) is 7.37. The van der Waals surface area contributed by atoms with Gasteiger partial charge in [0.1, 0.15) is 11.6 Å². The van der Waals surface area contributed by atoms with Crippen LogP contribution in [0.1, 0.15) is 11.1 Å². The normalized spacial score (nSPS) is 11.3. The number of carbonyl (C=O) groups is 2. The highest BCUT2D eigenvalue weighted by molar-refractivity contribution is 6.02. The molecule has 2 aromatic carbocycles. The van der Waals surface area contributed by atoms with Gasteiger partial charge in [-0.05, 0) is 30.3 Å². The maximum absolute atomic E-state index is 14.2. The maximum Gasteiger partial charge on any atom is 0.416 e. The number of benzene rings is 2. The Morgan fingerprint density at radius 3 is 2.53 bits per heavy atom. The van der Waals surface area contributed by atoms with Crippen LogP contribution in [0.5, 0.6) is 5.75 Å². The van der Waals surface area contributed by atoms with Gasteiger partial charge >= 0.3 is 18.2 Å². The molecule has 2 rings (SSSR count). The zero-order chi connectivity index (χ0) is 22.3. The summed E-state index contributed by atoms with van der Waals surface area (Å²) in [5, 5.41) is 12.9. The second-order valence-corrected chi connectivity index (χ2v) is 5.62. The standard InChI is InChI=1S/C19H16F4N2O5/c1-29-15-7-6-12(19(21,22)23)9-14(15)24-18(28)25-17-11(3-2-4-13(17)20)5-8-16(27)30-10-26/h2-9,26H,10H2,1H3,(H2,24,25,28)/b8-5+. The molecule has 0 bridgehead atoms. The molecule has 11 heteroatoms. The van der Waals surface area contributed by atoms with E-state index in [9.17, 15) is 27.2 Å². The lowest BCUT2D eigenvalue weighted by Gasteiger charge is -2.15. The van der Waals surface area contributed by atoms with Gasteiger partial charge in [0, 0.05) is 11.6 Å². The van der Waals surface area contributed by atoms with Gasteiger partial charge < -0.3 is 25.2 Å². The molecule has 0 aliphatic heterocycles. The molecule has 0 unspecified atom stereocenters. The van der Waals surface area contributed by atoms with Crippen molar-refractivity contribution in [2.45, 2.75) is 6.18 Å². The Morgan fingerprint density at radius 2 is 1.90 bits per heavy atom. The lowest BCUT2D eigenvalue weighted by molar-refractivity contribution is -0.145. The van der Waals surface area contributed by atoms with Crippen molar-refractivity contribution < 1.29 is 41.7 Å². The van der Waals surface area contributed by atoms with Crippen LogP contribution in [0.3, 0.4) is 0 Å². The van der Waals surface area contributed by atoms with E-state index in [1.165, 1.54) is 19.2 Å². The van der Waals surface area contributed by atoms with Crippen LogP contribution >= 0.6 is 0 Å². The van der Waals surface area contributed by atoms with Crippen molar-refractivity contribution in [1.29, 1.82) is 0 Å². The Balaban J connectivity index is 2.26. The van der Waals surface area contributed by atoms with Crippen molar-refractivity contribution >= 4 is 29.5 Å². The molecule has 0 saturated heterocycles. The summed E-state index contributed by atoms with van der Waals surface area (Å²) in [7, 11) is 1.21. The quantitative estimate of drug-likeness (QED) is 0.280. The number of alkyl halides is 3. The minimum atomic E-state index is -4.65. The summed E-state index contributed by atoms with van der Waals surface area (Å²) in [5.41, 5.74) is -1.58. The number of nitrogens with one attached hydrogen (secondary N) is 2. The summed E-state index contributed by atoms with van der Waals surface area (Å²) < 4.78 is 62.2. The van der Waals surface area contributed by atoms with Crippen LogP contribution in [0.25, 0.3) is 6.08 Å². The van der Waals surface area contributed by atoms with Gasteiger partial charge in [0.25, 0.3) is 0 Å². The highest BCUT2D eigenvalue weighted by Crippen LogP contribution is 2.35. The molecular formula is C19H16F4N2O5. The van der Waals surface area contributed by atoms with E-state index in [2.05, 4.69) is 15.4 Å². The largest absolute Gasteiger partial charge is 0.495 e. The van der Waals surface area contributed by atoms with Gasteiger partial charge in [-0.15, -0.1) is 0 Å². The van der Waals surface area contributed by atoms with Gasteiger partial charge in [0.2, 0.25) is 0 Å². The van der Waals surface area contributed by atoms with Gasteiger partial charge in [-0.3, -0.25) is 0 Å². The topological polar surface area (TPSA) is 96.9 Å². The van der Waals surface area contributed by atoms with Crippen molar-refractivity contribution in [2.75, 3.05) is 24.5 Å². The number of carbonyl (C=O) groups excluding carboxylic acids is 2. The van der Waals surface area contributed by atoms with E-state index >= 15 is 0 Å². The van der Waals surface area contributed by atoms with Gasteiger partial charge in [0.05, 0.1) is 24.0 Å². The summed E-state index contributed by atoms with van der Waals surface area (Å²) in [6.07, 6.45) is -2.63. The molecule has 7 nitrogen and oxygen atoms in total. The number of urea groups is 1. The van der Waals surface area contributed by atoms with Crippen molar-refractivity contribution in [2.24, 2.45) is 0 Å². The van der Waals surface area contributed by atoms with E-state index in [-0.39, 0.29) is 22.7 Å². The van der Waals surface area contributed by atoms with Crippen molar-refractivity contribution in [3.8, 4) is 5.75 Å². The number of amides is 2. The third-order valence-corrected chi connectivity index (χ3v) is 3.67. The summed E-state index contributed by atoms with van der Waals surface area (Å²) in [5.74, 6) is -1.82. The minimum Gasteiger partial charge on any atom is -0.495 e. The number of hydrogen-bond acceptors (Lipinski definition) is 5. The summed E-state index contributed by atoms with van der Waals surface area (Å²) in [6.45, 7) is -0.849. The molecule has 0 saturated carbocycles. The third kappa shape index (κ3) is 5.95. The fraction of sp³-hybridized carbons (Fsp3) is 0.158. The van der Waals surface area contributed by atoms with Gasteiger partial charge in [-0.1, -0.05) is 12.1 Å². The molecule has 2 aromatic rings. The first kappa shape index (κ1) is 22.7. The van der Waals surface area contributed by atoms with E-state index < -0.39 is 36.4 Å². The lowest BCUT2D eigenvalue weighted by atomic mass is 10.1. The Bertz CT molecular complexity index is 960. The number of halogens is 4. The van der Waals surface area contributed by atoms with Crippen molar-refractivity contribution in [1.82, 2.24) is 0 Å². The monoisotopic (exact) mass is 428 g/mol. The van der Waals surface area contributed by atoms with Crippen LogP contribution in [0.2, 0.25) is 0 Å². The van der Waals surface area contributed by atoms with E-state index in [0.717, 1.165) is 30.4 Å². The molecule has 0 aliphatic rings. The van der Waals surface area contributed by atoms with Crippen LogP contribution < -0.4 is 15.4 Å². The Hall–Kier alpha value is -3.60. The molecule has 0 heterocycles. The molecule has 30 heavy (non-hydrogen) atoms. The zero-order valence-corrected chi connectivity index (χ0v) is 15.4. The molecule has 160 valence electrons. The number of hydrogen-bond donors (Lipinski definition) is 3. The van der Waals surface area contributed by atoms with Crippen LogP contribution in [-0.2, 0) is 15.7 Å². The number of aliphatic hydroxyl groups excluding tert-OH is 1. The predicted molar refractivity (Wildman–Crippen MR) is 99.2 cm³/mol. The Morgan fingerprint density at radius 1 is 1.17 bits per heavy atom. The minimum absolute atomic E-state index is 0.0430. The molecule has 0 aromatic heterocycles. The summed E-state index contributed by atoms with van der Waals surface area (Å²) >= 11 is 0. The van der Waals surface area contributed by atoms with Crippen molar-refractivity contribution in [3.05, 3.63) is 59.4 Å². The predicted octanol–water partition coefficient (Wildman–Crippen LogP) is 4.00. The number of methoxy groups -OCH3 is 1. The van der Waals surface area contributed by atoms with Crippen LogP contribution in [0, 0.1) is 5.82 Å². The van der Waals surface area contributed by atoms with Gasteiger partial charge in [-0.2, -0.15) is 13.2 Å². The van der Waals surface area contributed by atoms with E-state index in [1.54, 1.807) is 0 Å². The highest BCUT2D eigenvalue weighted by atomic mass is 19.4. The Labute approximate surface area is 167 Å². The first-order valence-electron chi connectivity index (χ1n) is 8.23. The number of aliphatic hydroxyl groups is 1. The van der Waals surface area contributed by atoms with Gasteiger partial charge in [0.15, 0.2) is 6.79 Å². The van der Waals surface area contributed by atoms with Crippen LogP contribution in [0.4, 0.5) is 33.7 Å². The number of anilines is 2. The molecular weight excluding hydrogens is 412 g/mol. The van der Waals surface area contributed by atoms with Crippen LogP contribution in [-0.4, -0.2) is 31.0 Å². The molecule has 0 atom stereocenters. The fourth-order valence-corrected chi connectivity index (χ4v) is 2.33. The van der Waals surface area contributed by atoms with Gasteiger partial charge in [-0.25, -0.2) is 14.0 Å². The SMILES string of the molecule is COc1ccc(C(F)(F)F)cc1NC(=O)Nc1c(F)cccc1/C=C/C(=O)OCO. The van der Waals surface area contributed by atoms with E-state index in [1.807, 2.05) is 0 Å². The second-order valence-electron chi connectivity index (χ2n) is 5.62. The van der Waals surface area contributed by atoms with E-state index in [0.29, 0.717) is 6.07 Å². The first-order valence-corrected chi connectivity index (χ1v) is 8.23. The second kappa shape index (κ2) is 9.74. The molecule has 0 aliphatic carbocycles. The molecule has 0 fully saturated rings. The van der Waals surface area contributed by atoms with Crippen molar-refractivity contribution in [3.63, 3.8) is 0 Å². The smallest absolute Gasteiger partial charge is 0.416 e. The summed E-state index contributed by atoms with van der Waals surface area (Å²) in [4.78, 5) is 23.6. The fourth-order valence-electron chi connectivity index (χ4n) is 2.33. The number of esters is 1. The van der Waals surface area contributed by atoms with E-state index in [4.69, 9.17) is 9.84 Å². The lowest BCUT2D eigenvalue weighted by Crippen LogP contribution is -2.21. The highest BCUT2D eigenvalue weighted by Gasteiger charge is 2.31. The average Bonchev–Trinajstić information content (AvgIpc) is 2.68. The first-order chi connectivity index (χ1) is 14.2. The number of rotatable bonds is 6. The molecule has 0 spiro atoms. The zero-order valence-electron chi connectivity index (χ0n) is 15.4. The average molecular weight is 428 g/mol. The third-order valence-electron chi connectivity index (χ3n) is 3.67. The van der Waals surface area contributed by atoms with Crippen LogP contribution in [0.15, 0.2) is 42.5 Å². The number of ether oxygens (including phenoxy) is 2. The molecule has 3 N–H and O–H groups in total.